The van der Waals surface area contributed by atoms with Gasteiger partial charge in [-0.05, 0) is 31.4 Å². The lowest BCUT2D eigenvalue weighted by molar-refractivity contribution is -0.141. The van der Waals surface area contributed by atoms with E-state index in [1.54, 1.807) is 16.2 Å². The van der Waals surface area contributed by atoms with Gasteiger partial charge < -0.3 is 10.0 Å². The van der Waals surface area contributed by atoms with Gasteiger partial charge in [0.1, 0.15) is 0 Å². The molecule has 0 saturated carbocycles. The van der Waals surface area contributed by atoms with Crippen molar-refractivity contribution in [3.05, 3.63) is 29.3 Å². The van der Waals surface area contributed by atoms with E-state index in [0.29, 0.717) is 25.9 Å². The van der Waals surface area contributed by atoms with Gasteiger partial charge in [0.2, 0.25) is 5.91 Å². The van der Waals surface area contributed by atoms with E-state index in [1.165, 1.54) is 4.70 Å². The third-order valence-corrected chi connectivity index (χ3v) is 5.11. The highest BCUT2D eigenvalue weighted by atomic mass is 35.5. The Labute approximate surface area is 156 Å². The molecule has 5 nitrogen and oxygen atoms in total. The maximum atomic E-state index is 12.1. The van der Waals surface area contributed by atoms with Crippen LogP contribution in [0, 0.1) is 5.92 Å². The van der Waals surface area contributed by atoms with Crippen LogP contribution in [0.25, 0.3) is 10.2 Å². The number of amides is 1. The van der Waals surface area contributed by atoms with Crippen molar-refractivity contribution >= 4 is 58.2 Å². The van der Waals surface area contributed by atoms with Gasteiger partial charge in [-0.2, -0.15) is 0 Å². The summed E-state index contributed by atoms with van der Waals surface area (Å²) in [7, 11) is 0. The predicted molar refractivity (Wildman–Crippen MR) is 99.4 cm³/mol. The summed E-state index contributed by atoms with van der Waals surface area (Å²) in [6.07, 6.45) is 2.58. The number of para-hydroxylation sites is 1. The fourth-order valence-corrected chi connectivity index (χ4v) is 3.77. The number of nitrogens with zero attached hydrogens (tertiary/aromatic N) is 2. The number of carboxylic acids is 1. The van der Waals surface area contributed by atoms with Gasteiger partial charge in [-0.15, -0.1) is 36.2 Å². The monoisotopic (exact) mass is 390 g/mol. The topological polar surface area (TPSA) is 70.5 Å². The lowest BCUT2D eigenvalue weighted by Gasteiger charge is -2.15. The zero-order valence-corrected chi connectivity index (χ0v) is 15.5. The molecular formula is C16H20Cl2N2O3S. The number of carboxylic acid groups (broad SMARTS) is 1. The second-order valence-electron chi connectivity index (χ2n) is 5.59. The summed E-state index contributed by atoms with van der Waals surface area (Å²) < 4.78 is 1.17. The van der Waals surface area contributed by atoms with Crippen molar-refractivity contribution in [2.24, 2.45) is 5.92 Å². The van der Waals surface area contributed by atoms with Crippen molar-refractivity contribution in [2.45, 2.75) is 25.7 Å². The summed E-state index contributed by atoms with van der Waals surface area (Å²) in [5, 5.41) is 10.0. The minimum atomic E-state index is -0.801. The summed E-state index contributed by atoms with van der Waals surface area (Å²) in [5.74, 6) is -1.14. The number of aryl methyl sites for hydroxylation is 1. The van der Waals surface area contributed by atoms with Gasteiger partial charge >= 0.3 is 5.97 Å². The Morgan fingerprint density at radius 2 is 2.04 bits per heavy atom. The summed E-state index contributed by atoms with van der Waals surface area (Å²) >= 11 is 1.67. The Kier molecular flexibility index (Phi) is 7.93. The quantitative estimate of drug-likeness (QED) is 0.848. The number of benzene rings is 1. The van der Waals surface area contributed by atoms with Crippen LogP contribution in [0.15, 0.2) is 24.3 Å². The van der Waals surface area contributed by atoms with E-state index in [4.69, 9.17) is 5.11 Å². The molecule has 1 aliphatic rings. The van der Waals surface area contributed by atoms with Crippen molar-refractivity contribution in [2.75, 3.05) is 13.1 Å². The van der Waals surface area contributed by atoms with Crippen LogP contribution < -0.4 is 0 Å². The number of hydrogen-bond donors (Lipinski definition) is 1. The van der Waals surface area contributed by atoms with E-state index in [1.807, 2.05) is 18.2 Å². The fraction of sp³-hybridized carbons (Fsp3) is 0.438. The van der Waals surface area contributed by atoms with Crippen LogP contribution in [0.3, 0.4) is 0 Å². The maximum Gasteiger partial charge on any atom is 0.308 e. The van der Waals surface area contributed by atoms with Crippen LogP contribution in [-0.4, -0.2) is 40.0 Å². The highest BCUT2D eigenvalue weighted by molar-refractivity contribution is 7.18. The Hall–Kier alpha value is -1.37. The Balaban J connectivity index is 0.00000144. The van der Waals surface area contributed by atoms with E-state index in [-0.39, 0.29) is 30.7 Å². The lowest BCUT2D eigenvalue weighted by atomic mass is 10.1. The van der Waals surface area contributed by atoms with E-state index < -0.39 is 11.9 Å². The molecule has 1 amide bonds. The molecule has 1 atom stereocenters. The van der Waals surface area contributed by atoms with Crippen LogP contribution in [0.5, 0.6) is 0 Å². The minimum Gasteiger partial charge on any atom is -0.481 e. The number of aliphatic carboxylic acids is 1. The third-order valence-electron chi connectivity index (χ3n) is 4.01. The van der Waals surface area contributed by atoms with Gasteiger partial charge in [-0.1, -0.05) is 12.1 Å². The molecule has 8 heteroatoms. The number of halogens is 2. The van der Waals surface area contributed by atoms with Gasteiger partial charge in [-0.3, -0.25) is 9.59 Å². The third kappa shape index (κ3) is 4.82. The number of rotatable bonds is 5. The Morgan fingerprint density at radius 1 is 1.29 bits per heavy atom. The second kappa shape index (κ2) is 9.20. The van der Waals surface area contributed by atoms with E-state index in [0.717, 1.165) is 23.4 Å². The zero-order valence-electron chi connectivity index (χ0n) is 13.0. The van der Waals surface area contributed by atoms with Crippen molar-refractivity contribution in [3.8, 4) is 0 Å². The molecule has 1 aromatic heterocycles. The molecule has 24 heavy (non-hydrogen) atoms. The van der Waals surface area contributed by atoms with Crippen molar-refractivity contribution in [1.29, 1.82) is 0 Å². The highest BCUT2D eigenvalue weighted by Crippen LogP contribution is 2.23. The molecule has 1 saturated heterocycles. The first-order valence-corrected chi connectivity index (χ1v) is 8.30. The van der Waals surface area contributed by atoms with Crippen molar-refractivity contribution < 1.29 is 14.7 Å². The molecular weight excluding hydrogens is 371 g/mol. The first kappa shape index (κ1) is 20.7. The molecule has 1 N–H and O–H groups in total. The molecule has 0 bridgehead atoms. The molecule has 0 aliphatic carbocycles. The summed E-state index contributed by atoms with van der Waals surface area (Å²) in [6, 6.07) is 8.02. The SMILES string of the molecule is Cl.Cl.O=C(O)C1CCN(C(=O)CCCc2nc3ccccc3s2)C1. The Bertz CT molecular complexity index is 674. The molecule has 1 unspecified atom stereocenters. The molecule has 2 aromatic rings. The Morgan fingerprint density at radius 3 is 2.71 bits per heavy atom. The smallest absolute Gasteiger partial charge is 0.308 e. The number of likely N-dealkylation sites (tertiary alicyclic amines) is 1. The number of fused-ring (bicyclic) bond motifs is 1. The molecule has 0 radical (unpaired) electrons. The van der Waals surface area contributed by atoms with Gasteiger partial charge in [0.25, 0.3) is 0 Å². The van der Waals surface area contributed by atoms with Gasteiger partial charge in [-0.25, -0.2) is 4.98 Å². The molecule has 132 valence electrons. The largest absolute Gasteiger partial charge is 0.481 e. The van der Waals surface area contributed by atoms with Gasteiger partial charge in [0, 0.05) is 19.5 Å². The number of hydrogen-bond acceptors (Lipinski definition) is 4. The summed E-state index contributed by atoms with van der Waals surface area (Å²) in [4.78, 5) is 29.2. The maximum absolute atomic E-state index is 12.1. The molecule has 1 fully saturated rings. The zero-order chi connectivity index (χ0) is 15.5. The predicted octanol–water partition coefficient (Wildman–Crippen LogP) is 3.40. The second-order valence-corrected chi connectivity index (χ2v) is 6.71. The van der Waals surface area contributed by atoms with E-state index in [2.05, 4.69) is 11.1 Å². The first-order chi connectivity index (χ1) is 10.6. The lowest BCUT2D eigenvalue weighted by Crippen LogP contribution is -2.29. The molecule has 1 aliphatic heterocycles. The first-order valence-electron chi connectivity index (χ1n) is 7.48. The average Bonchev–Trinajstić information content (AvgIpc) is 3.13. The normalized spacial score (nSPS) is 16.5. The molecule has 0 spiro atoms. The van der Waals surface area contributed by atoms with Gasteiger partial charge in [0.15, 0.2) is 0 Å². The summed E-state index contributed by atoms with van der Waals surface area (Å²) in [5.41, 5.74) is 1.01. The molecule has 1 aromatic carbocycles. The highest BCUT2D eigenvalue weighted by Gasteiger charge is 2.30. The van der Waals surface area contributed by atoms with Gasteiger partial charge in [0.05, 0.1) is 21.1 Å². The van der Waals surface area contributed by atoms with Crippen LogP contribution in [0.4, 0.5) is 0 Å². The van der Waals surface area contributed by atoms with Crippen molar-refractivity contribution in [1.82, 2.24) is 9.88 Å². The minimum absolute atomic E-state index is 0. The number of carbonyl (C=O) groups excluding carboxylic acids is 1. The average molecular weight is 391 g/mol. The number of thiazole rings is 1. The van der Waals surface area contributed by atoms with Crippen molar-refractivity contribution in [3.63, 3.8) is 0 Å². The summed E-state index contributed by atoms with van der Waals surface area (Å²) in [6.45, 7) is 0.923. The number of aromatic nitrogens is 1. The molecule has 3 rings (SSSR count). The number of carbonyl (C=O) groups is 2. The fourth-order valence-electron chi connectivity index (χ4n) is 2.76. The van der Waals surface area contributed by atoms with Crippen LogP contribution in [0.2, 0.25) is 0 Å². The van der Waals surface area contributed by atoms with Crippen LogP contribution in [-0.2, 0) is 16.0 Å². The van der Waals surface area contributed by atoms with E-state index >= 15 is 0 Å². The van der Waals surface area contributed by atoms with E-state index in [9.17, 15) is 9.59 Å². The molecule has 2 heterocycles. The standard InChI is InChI=1S/C16H18N2O3S.2ClH/c19-15(18-9-8-11(10-18)16(20)21)7-3-6-14-17-12-4-1-2-5-13(12)22-14;;/h1-2,4-5,11H,3,6-10H2,(H,20,21);2*1H. The van der Waals surface area contributed by atoms with Crippen LogP contribution >= 0.6 is 36.2 Å². The van der Waals surface area contributed by atoms with Crippen LogP contribution in [0.1, 0.15) is 24.3 Å².